The maximum Gasteiger partial charge on any atom is 0.414 e. The van der Waals surface area contributed by atoms with Crippen LogP contribution in [0.2, 0.25) is 0 Å². The molecule has 6 rings (SSSR count). The van der Waals surface area contributed by atoms with Crippen molar-refractivity contribution < 1.29 is 33.4 Å². The molecule has 2 unspecified atom stereocenters. The number of nitrogens with one attached hydrogen (secondary N) is 3. The van der Waals surface area contributed by atoms with Gasteiger partial charge in [0.05, 0.1) is 13.2 Å². The first-order valence-corrected chi connectivity index (χ1v) is 16.5. The molecule has 0 aromatic heterocycles. The highest BCUT2D eigenvalue weighted by Crippen LogP contribution is 2.24. The Morgan fingerprint density at radius 2 is 1.55 bits per heavy atom. The summed E-state index contributed by atoms with van der Waals surface area (Å²) in [5.74, 6) is -0.790. The molecule has 1 heterocycles. The number of hydrogen-bond acceptors (Lipinski definition) is 8. The number of amidine groups is 1. The van der Waals surface area contributed by atoms with Crippen molar-refractivity contribution in [2.45, 2.75) is 25.5 Å². The van der Waals surface area contributed by atoms with Gasteiger partial charge in [-0.1, -0.05) is 66.7 Å². The molecule has 5 aromatic rings. The molecule has 51 heavy (non-hydrogen) atoms. The summed E-state index contributed by atoms with van der Waals surface area (Å²) in [6, 6.07) is 34.6. The standard InChI is InChI=1S/C40H36N4O7/c1-2-49-39(47)35(42-38(46)34-14-8-12-27-9-6-7-13-33(27)34)23-26-15-21-31(22-16-26)50-25-32-24-44(40(48)51-32)30-19-17-28(18-20-30)36(41)43-37(45)29-10-4-3-5-11-29/h3-22,32,35H,2,23-25H2,1H3,(H,42,46)(H2,41,43,45). The van der Waals surface area contributed by atoms with Crippen LogP contribution < -0.4 is 20.3 Å². The summed E-state index contributed by atoms with van der Waals surface area (Å²) in [5, 5.41) is 15.4. The molecule has 1 aliphatic heterocycles. The first-order chi connectivity index (χ1) is 24.8. The first kappa shape index (κ1) is 34.4. The molecule has 11 heteroatoms. The quantitative estimate of drug-likeness (QED) is 0.0842. The fourth-order valence-corrected chi connectivity index (χ4v) is 5.72. The van der Waals surface area contributed by atoms with E-state index in [1.54, 1.807) is 85.8 Å². The van der Waals surface area contributed by atoms with Crippen molar-refractivity contribution in [1.82, 2.24) is 10.6 Å². The summed E-state index contributed by atoms with van der Waals surface area (Å²) in [6.45, 7) is 2.27. The van der Waals surface area contributed by atoms with Gasteiger partial charge >= 0.3 is 12.1 Å². The first-order valence-electron chi connectivity index (χ1n) is 16.5. The Hall–Kier alpha value is -6.49. The van der Waals surface area contributed by atoms with Crippen molar-refractivity contribution in [3.05, 3.63) is 144 Å². The Morgan fingerprint density at radius 3 is 2.29 bits per heavy atom. The molecule has 5 aromatic carbocycles. The van der Waals surface area contributed by atoms with Gasteiger partial charge in [0.1, 0.15) is 24.2 Å². The lowest BCUT2D eigenvalue weighted by atomic mass is 10.0. The average Bonchev–Trinajstić information content (AvgIpc) is 3.54. The van der Waals surface area contributed by atoms with Crippen molar-refractivity contribution in [2.75, 3.05) is 24.7 Å². The van der Waals surface area contributed by atoms with Crippen LogP contribution in [0.1, 0.15) is 38.8 Å². The lowest BCUT2D eigenvalue weighted by Gasteiger charge is -2.18. The van der Waals surface area contributed by atoms with Crippen LogP contribution in [-0.4, -0.2) is 61.6 Å². The second-order valence-corrected chi connectivity index (χ2v) is 11.8. The van der Waals surface area contributed by atoms with E-state index in [2.05, 4.69) is 10.6 Å². The predicted octanol–water partition coefficient (Wildman–Crippen LogP) is 5.90. The Labute approximate surface area is 294 Å². The van der Waals surface area contributed by atoms with Gasteiger partial charge in [0.25, 0.3) is 11.8 Å². The van der Waals surface area contributed by atoms with Crippen LogP contribution in [-0.2, 0) is 20.7 Å². The van der Waals surface area contributed by atoms with Gasteiger partial charge in [0, 0.05) is 28.8 Å². The van der Waals surface area contributed by atoms with E-state index in [4.69, 9.17) is 19.6 Å². The van der Waals surface area contributed by atoms with E-state index in [9.17, 15) is 19.2 Å². The zero-order valence-corrected chi connectivity index (χ0v) is 27.8. The molecule has 0 aliphatic carbocycles. The molecule has 0 spiro atoms. The number of cyclic esters (lactones) is 1. The van der Waals surface area contributed by atoms with Gasteiger partial charge in [-0.15, -0.1) is 0 Å². The fraction of sp³-hybridized carbons (Fsp3) is 0.175. The largest absolute Gasteiger partial charge is 0.490 e. The minimum atomic E-state index is -0.903. The zero-order chi connectivity index (χ0) is 35.7. The van der Waals surface area contributed by atoms with Gasteiger partial charge in [-0.3, -0.25) is 19.9 Å². The van der Waals surface area contributed by atoms with Crippen molar-refractivity contribution >= 4 is 46.2 Å². The fourth-order valence-electron chi connectivity index (χ4n) is 5.72. The summed E-state index contributed by atoms with van der Waals surface area (Å²) < 4.78 is 16.7. The number of benzene rings is 5. The molecule has 1 saturated heterocycles. The second-order valence-electron chi connectivity index (χ2n) is 11.8. The maximum atomic E-state index is 13.3. The van der Waals surface area contributed by atoms with Crippen molar-refractivity contribution in [3.8, 4) is 5.75 Å². The van der Waals surface area contributed by atoms with Crippen molar-refractivity contribution in [2.24, 2.45) is 0 Å². The topological polar surface area (TPSA) is 147 Å². The van der Waals surface area contributed by atoms with Gasteiger partial charge in [-0.25, -0.2) is 9.59 Å². The van der Waals surface area contributed by atoms with E-state index in [1.165, 1.54) is 4.90 Å². The number of rotatable bonds is 12. The lowest BCUT2D eigenvalue weighted by molar-refractivity contribution is -0.145. The monoisotopic (exact) mass is 684 g/mol. The Morgan fingerprint density at radius 1 is 0.843 bits per heavy atom. The third-order valence-corrected chi connectivity index (χ3v) is 8.33. The average molecular weight is 685 g/mol. The van der Waals surface area contributed by atoms with Crippen LogP contribution in [0, 0.1) is 5.41 Å². The summed E-state index contributed by atoms with van der Waals surface area (Å²) >= 11 is 0. The van der Waals surface area contributed by atoms with E-state index >= 15 is 0 Å². The summed E-state index contributed by atoms with van der Waals surface area (Å²) in [6.07, 6.45) is -0.838. The maximum absolute atomic E-state index is 13.3. The van der Waals surface area contributed by atoms with Crippen LogP contribution in [0.25, 0.3) is 10.8 Å². The molecule has 1 aliphatic rings. The highest BCUT2D eigenvalue weighted by Gasteiger charge is 2.33. The summed E-state index contributed by atoms with van der Waals surface area (Å²) in [7, 11) is 0. The smallest absolute Gasteiger partial charge is 0.414 e. The molecule has 258 valence electrons. The normalized spacial score (nSPS) is 14.3. The van der Waals surface area contributed by atoms with Crippen LogP contribution in [0.4, 0.5) is 10.5 Å². The third kappa shape index (κ3) is 8.39. The Kier molecular flexibility index (Phi) is 10.7. The van der Waals surface area contributed by atoms with Crippen LogP contribution in [0.15, 0.2) is 121 Å². The van der Waals surface area contributed by atoms with E-state index in [-0.39, 0.29) is 43.8 Å². The zero-order valence-electron chi connectivity index (χ0n) is 27.8. The summed E-state index contributed by atoms with van der Waals surface area (Å²) in [4.78, 5) is 52.7. The van der Waals surface area contributed by atoms with Gasteiger partial charge in [-0.2, -0.15) is 0 Å². The molecule has 3 N–H and O–H groups in total. The van der Waals surface area contributed by atoms with Gasteiger partial charge < -0.3 is 24.8 Å². The number of anilines is 1. The number of hydrogen-bond donors (Lipinski definition) is 3. The molecule has 3 amide bonds. The molecule has 0 bridgehead atoms. The second kappa shape index (κ2) is 15.8. The minimum Gasteiger partial charge on any atom is -0.490 e. The molecule has 2 atom stereocenters. The molecule has 1 fully saturated rings. The SMILES string of the molecule is CCOC(=O)C(Cc1ccc(OCC2CN(c3ccc(C(=N)NC(=O)c4ccccc4)cc3)C(=O)O2)cc1)NC(=O)c1cccc2ccccc12. The van der Waals surface area contributed by atoms with Gasteiger partial charge in [0.2, 0.25) is 0 Å². The molecule has 11 nitrogen and oxygen atoms in total. The number of ether oxygens (including phenoxy) is 3. The van der Waals surface area contributed by atoms with Gasteiger partial charge in [0.15, 0.2) is 6.10 Å². The van der Waals surface area contributed by atoms with E-state index in [0.717, 1.165) is 16.3 Å². The Bertz CT molecular complexity index is 2040. The molecule has 0 saturated carbocycles. The number of amides is 3. The van der Waals surface area contributed by atoms with Crippen molar-refractivity contribution in [3.63, 3.8) is 0 Å². The van der Waals surface area contributed by atoms with E-state index in [0.29, 0.717) is 28.1 Å². The van der Waals surface area contributed by atoms with E-state index < -0.39 is 24.2 Å². The van der Waals surface area contributed by atoms with Gasteiger partial charge in [-0.05, 0) is 77.9 Å². The number of nitrogens with zero attached hydrogens (tertiary/aromatic N) is 1. The minimum absolute atomic E-state index is 0.0567. The number of carbonyl (C=O) groups excluding carboxylic acids is 4. The van der Waals surface area contributed by atoms with Crippen LogP contribution in [0.3, 0.4) is 0 Å². The third-order valence-electron chi connectivity index (χ3n) is 8.33. The van der Waals surface area contributed by atoms with E-state index in [1.807, 2.05) is 42.5 Å². The Balaban J connectivity index is 1.02. The molecular formula is C40H36N4O7. The van der Waals surface area contributed by atoms with Crippen molar-refractivity contribution in [1.29, 1.82) is 5.41 Å². The highest BCUT2D eigenvalue weighted by molar-refractivity contribution is 6.11. The highest BCUT2D eigenvalue weighted by atomic mass is 16.6. The summed E-state index contributed by atoms with van der Waals surface area (Å²) in [5.41, 5.74) is 2.78. The number of esters is 1. The number of carbonyl (C=O) groups is 4. The lowest BCUT2D eigenvalue weighted by Crippen LogP contribution is -2.43. The predicted molar refractivity (Wildman–Crippen MR) is 192 cm³/mol. The van der Waals surface area contributed by atoms with Crippen LogP contribution in [0.5, 0.6) is 5.75 Å². The number of fused-ring (bicyclic) bond motifs is 1. The van der Waals surface area contributed by atoms with Crippen LogP contribution >= 0.6 is 0 Å². The molecular weight excluding hydrogens is 648 g/mol. The molecule has 0 radical (unpaired) electrons.